The molecule has 1 aromatic carbocycles. The SMILES string of the molecule is NS(=O)(=O)c1ccc(C=Cc2cn[nH]n2)cc1.O=C=O. The molecule has 0 bridgehead atoms. The summed E-state index contributed by atoms with van der Waals surface area (Å²) >= 11 is 0. The fourth-order valence-electron chi connectivity index (χ4n) is 1.24. The van der Waals surface area contributed by atoms with Crippen molar-refractivity contribution in [3.8, 4) is 0 Å². The predicted molar refractivity (Wildman–Crippen MR) is 68.1 cm³/mol. The Kier molecular flexibility index (Phi) is 5.48. The number of hydrogen-bond acceptors (Lipinski definition) is 6. The van der Waals surface area contributed by atoms with Gasteiger partial charge in [-0.2, -0.15) is 25.0 Å². The molecule has 0 aliphatic carbocycles. The number of rotatable bonds is 3. The summed E-state index contributed by atoms with van der Waals surface area (Å²) in [4.78, 5) is 16.3. The minimum atomic E-state index is -3.63. The van der Waals surface area contributed by atoms with Gasteiger partial charge in [-0.3, -0.25) is 0 Å². The third-order valence-electron chi connectivity index (χ3n) is 2.09. The number of nitrogens with one attached hydrogen (secondary N) is 1. The lowest BCUT2D eigenvalue weighted by atomic mass is 10.2. The van der Waals surface area contributed by atoms with Crippen LogP contribution in [0.3, 0.4) is 0 Å². The van der Waals surface area contributed by atoms with Crippen LogP contribution in [-0.4, -0.2) is 30.0 Å². The van der Waals surface area contributed by atoms with Crippen molar-refractivity contribution in [2.75, 3.05) is 0 Å². The molecule has 20 heavy (non-hydrogen) atoms. The molecule has 0 atom stereocenters. The van der Waals surface area contributed by atoms with Gasteiger partial charge in [0.2, 0.25) is 10.0 Å². The molecular formula is C11H10N4O4S. The summed E-state index contributed by atoms with van der Waals surface area (Å²) in [6.45, 7) is 0. The Morgan fingerprint density at radius 2 is 1.75 bits per heavy atom. The molecule has 2 rings (SSSR count). The van der Waals surface area contributed by atoms with E-state index < -0.39 is 10.0 Å². The van der Waals surface area contributed by atoms with Crippen molar-refractivity contribution >= 4 is 28.3 Å². The molecule has 8 nitrogen and oxygen atoms in total. The highest BCUT2D eigenvalue weighted by molar-refractivity contribution is 7.89. The lowest BCUT2D eigenvalue weighted by Gasteiger charge is -1.98. The van der Waals surface area contributed by atoms with Crippen LogP contribution in [0, 0.1) is 0 Å². The minimum Gasteiger partial charge on any atom is -0.225 e. The van der Waals surface area contributed by atoms with Crippen LogP contribution in [0.15, 0.2) is 35.4 Å². The first-order valence-electron chi connectivity index (χ1n) is 5.13. The molecular weight excluding hydrogens is 284 g/mol. The van der Waals surface area contributed by atoms with Crippen molar-refractivity contribution in [2.24, 2.45) is 5.14 Å². The predicted octanol–water partition coefficient (Wildman–Crippen LogP) is 0.0390. The zero-order chi connectivity index (χ0) is 15.0. The number of aromatic amines is 1. The summed E-state index contributed by atoms with van der Waals surface area (Å²) in [7, 11) is -3.63. The van der Waals surface area contributed by atoms with E-state index in [9.17, 15) is 8.42 Å². The molecule has 2 aromatic rings. The van der Waals surface area contributed by atoms with Gasteiger partial charge in [0.25, 0.3) is 0 Å². The summed E-state index contributed by atoms with van der Waals surface area (Å²) in [5.74, 6) is 0. The second-order valence-corrected chi connectivity index (χ2v) is 4.99. The number of primary sulfonamides is 1. The van der Waals surface area contributed by atoms with Crippen LogP contribution >= 0.6 is 0 Å². The Balaban J connectivity index is 0.000000612. The Morgan fingerprint density at radius 3 is 2.20 bits per heavy atom. The average Bonchev–Trinajstić information content (AvgIpc) is 2.90. The number of hydrogen-bond donors (Lipinski definition) is 2. The van der Waals surface area contributed by atoms with Gasteiger partial charge in [0.1, 0.15) is 5.69 Å². The van der Waals surface area contributed by atoms with E-state index in [1.54, 1.807) is 30.5 Å². The molecule has 0 saturated carbocycles. The molecule has 9 heteroatoms. The number of aromatic nitrogens is 3. The Hall–Kier alpha value is -2.61. The van der Waals surface area contributed by atoms with Gasteiger partial charge in [0.05, 0.1) is 11.1 Å². The van der Waals surface area contributed by atoms with Crippen LogP contribution in [0.2, 0.25) is 0 Å². The van der Waals surface area contributed by atoms with E-state index in [-0.39, 0.29) is 11.0 Å². The average molecular weight is 294 g/mol. The summed E-state index contributed by atoms with van der Waals surface area (Å²) in [5, 5.41) is 15.0. The van der Waals surface area contributed by atoms with E-state index in [1.807, 2.05) is 0 Å². The van der Waals surface area contributed by atoms with Crippen molar-refractivity contribution in [1.29, 1.82) is 0 Å². The van der Waals surface area contributed by atoms with Gasteiger partial charge >= 0.3 is 6.15 Å². The fourth-order valence-corrected chi connectivity index (χ4v) is 1.76. The number of benzene rings is 1. The van der Waals surface area contributed by atoms with E-state index in [0.717, 1.165) is 5.56 Å². The van der Waals surface area contributed by atoms with Crippen molar-refractivity contribution in [1.82, 2.24) is 15.4 Å². The Morgan fingerprint density at radius 1 is 1.15 bits per heavy atom. The fraction of sp³-hybridized carbons (Fsp3) is 0. The molecule has 104 valence electrons. The molecule has 0 saturated heterocycles. The molecule has 3 N–H and O–H groups in total. The largest absolute Gasteiger partial charge is 0.373 e. The van der Waals surface area contributed by atoms with E-state index in [1.165, 1.54) is 12.1 Å². The number of H-pyrrole nitrogens is 1. The molecule has 0 aliphatic heterocycles. The Labute approximate surface area is 114 Å². The van der Waals surface area contributed by atoms with E-state index in [4.69, 9.17) is 14.7 Å². The smallest absolute Gasteiger partial charge is 0.225 e. The second-order valence-electron chi connectivity index (χ2n) is 3.43. The maximum absolute atomic E-state index is 11.0. The molecule has 0 radical (unpaired) electrons. The number of sulfonamides is 1. The monoisotopic (exact) mass is 294 g/mol. The Bertz CT molecular complexity index is 699. The quantitative estimate of drug-likeness (QED) is 0.820. The van der Waals surface area contributed by atoms with Gasteiger partial charge < -0.3 is 0 Å². The van der Waals surface area contributed by atoms with Gasteiger partial charge in [0.15, 0.2) is 0 Å². The van der Waals surface area contributed by atoms with Gasteiger partial charge in [-0.25, -0.2) is 13.6 Å². The van der Waals surface area contributed by atoms with Crippen molar-refractivity contribution < 1.29 is 18.0 Å². The molecule has 0 amide bonds. The zero-order valence-electron chi connectivity index (χ0n) is 10.1. The van der Waals surface area contributed by atoms with Gasteiger partial charge in [-0.1, -0.05) is 18.2 Å². The molecule has 0 unspecified atom stereocenters. The van der Waals surface area contributed by atoms with Crippen LogP contribution in [0.4, 0.5) is 0 Å². The highest BCUT2D eigenvalue weighted by Crippen LogP contribution is 2.10. The lowest BCUT2D eigenvalue weighted by Crippen LogP contribution is -2.11. The standard InChI is InChI=1S/C10H10N4O2S.CO2/c11-17(15,16)10-5-2-8(3-6-10)1-4-9-7-12-14-13-9;2-1-3/h1-7H,(H2,11,15,16)(H,12,13,14);. The first kappa shape index (κ1) is 15.4. The van der Waals surface area contributed by atoms with Crippen molar-refractivity contribution in [3.63, 3.8) is 0 Å². The van der Waals surface area contributed by atoms with Gasteiger partial charge in [0, 0.05) is 0 Å². The lowest BCUT2D eigenvalue weighted by molar-refractivity contribution is -0.191. The second kappa shape index (κ2) is 7.10. The van der Waals surface area contributed by atoms with E-state index in [0.29, 0.717) is 5.69 Å². The van der Waals surface area contributed by atoms with Crippen LogP contribution in [0.5, 0.6) is 0 Å². The molecule has 0 spiro atoms. The molecule has 0 fully saturated rings. The maximum atomic E-state index is 11.0. The third-order valence-corrected chi connectivity index (χ3v) is 3.02. The van der Waals surface area contributed by atoms with E-state index in [2.05, 4.69) is 15.4 Å². The molecule has 1 heterocycles. The van der Waals surface area contributed by atoms with Crippen molar-refractivity contribution in [3.05, 3.63) is 41.7 Å². The highest BCUT2D eigenvalue weighted by Gasteiger charge is 2.05. The topological polar surface area (TPSA) is 136 Å². The summed E-state index contributed by atoms with van der Waals surface area (Å²) in [6, 6.07) is 6.24. The van der Waals surface area contributed by atoms with Gasteiger partial charge in [-0.15, -0.1) is 0 Å². The van der Waals surface area contributed by atoms with Gasteiger partial charge in [-0.05, 0) is 23.8 Å². The first-order chi connectivity index (χ1) is 9.47. The van der Waals surface area contributed by atoms with Crippen LogP contribution in [0.1, 0.15) is 11.3 Å². The van der Waals surface area contributed by atoms with E-state index >= 15 is 0 Å². The first-order valence-corrected chi connectivity index (χ1v) is 6.68. The minimum absolute atomic E-state index is 0.0936. The highest BCUT2D eigenvalue weighted by atomic mass is 32.2. The normalized spacial score (nSPS) is 10.7. The van der Waals surface area contributed by atoms with Crippen LogP contribution < -0.4 is 5.14 Å². The van der Waals surface area contributed by atoms with Crippen molar-refractivity contribution in [2.45, 2.75) is 4.90 Å². The summed E-state index contributed by atoms with van der Waals surface area (Å²) < 4.78 is 22.1. The molecule has 1 aromatic heterocycles. The van der Waals surface area contributed by atoms with Crippen LogP contribution in [0.25, 0.3) is 12.2 Å². The maximum Gasteiger partial charge on any atom is 0.373 e. The number of nitrogens with two attached hydrogens (primary N) is 1. The summed E-state index contributed by atoms with van der Waals surface area (Å²) in [6.07, 6.45) is 5.38. The zero-order valence-corrected chi connectivity index (χ0v) is 10.9. The summed E-state index contributed by atoms with van der Waals surface area (Å²) in [5.41, 5.74) is 1.54. The van der Waals surface area contributed by atoms with Crippen LogP contribution in [-0.2, 0) is 19.6 Å². The number of nitrogens with zero attached hydrogens (tertiary/aromatic N) is 2. The number of carbonyl (C=O) groups excluding carboxylic acids is 2. The third kappa shape index (κ3) is 4.94. The molecule has 0 aliphatic rings.